The van der Waals surface area contributed by atoms with Crippen molar-refractivity contribution < 1.29 is 32.3 Å². The Labute approximate surface area is 283 Å². The van der Waals surface area contributed by atoms with Crippen LogP contribution in [0.25, 0.3) is 11.1 Å². The first-order valence-electron chi connectivity index (χ1n) is 16.6. The number of nitrogens with one attached hydrogen (secondary N) is 1. The number of carbonyl (C=O) groups is 3. The van der Waals surface area contributed by atoms with Crippen LogP contribution in [-0.4, -0.2) is 79.3 Å². The number of rotatable bonds is 13. The third-order valence-electron chi connectivity index (χ3n) is 8.62. The van der Waals surface area contributed by atoms with Crippen LogP contribution in [0.2, 0.25) is 0 Å². The van der Waals surface area contributed by atoms with Gasteiger partial charge in [-0.05, 0) is 89.1 Å². The number of hydrogen-bond donors (Lipinski definition) is 1. The number of likely N-dealkylation sites (tertiary alicyclic amines) is 1. The minimum absolute atomic E-state index is 0.0402. The van der Waals surface area contributed by atoms with Crippen molar-refractivity contribution in [2.75, 3.05) is 25.4 Å². The van der Waals surface area contributed by atoms with E-state index in [-0.39, 0.29) is 17.6 Å². The minimum Gasteiger partial charge on any atom is -0.493 e. The number of nitrogens with zero attached hydrogens (tertiary/aromatic N) is 2. The average Bonchev–Trinajstić information content (AvgIpc) is 3.55. The zero-order chi connectivity index (χ0) is 34.5. The number of carbonyl (C=O) groups excluding carboxylic acids is 3. The van der Waals surface area contributed by atoms with Crippen LogP contribution in [0.1, 0.15) is 79.7 Å². The Kier molecular flexibility index (Phi) is 10.9. The van der Waals surface area contributed by atoms with Crippen LogP contribution in [0.4, 0.5) is 4.79 Å². The van der Waals surface area contributed by atoms with Crippen LogP contribution >= 0.6 is 0 Å². The van der Waals surface area contributed by atoms with Crippen LogP contribution in [0.5, 0.6) is 5.75 Å². The molecule has 1 fully saturated rings. The van der Waals surface area contributed by atoms with Crippen LogP contribution in [-0.2, 0) is 21.2 Å². The molecule has 11 heteroatoms. The molecule has 3 aromatic rings. The number of imide groups is 1. The summed E-state index contributed by atoms with van der Waals surface area (Å²) in [6.45, 7) is 8.29. The molecular weight excluding hydrogens is 630 g/mol. The highest BCUT2D eigenvalue weighted by atomic mass is 32.2. The lowest BCUT2D eigenvalue weighted by molar-refractivity contribution is 0.0218. The average molecular weight is 676 g/mol. The Bertz CT molecular complexity index is 1720. The van der Waals surface area contributed by atoms with Crippen LogP contribution in [0.15, 0.2) is 72.8 Å². The van der Waals surface area contributed by atoms with Gasteiger partial charge in [0.15, 0.2) is 0 Å². The summed E-state index contributed by atoms with van der Waals surface area (Å²) in [6, 6.07) is 21.9. The maximum absolute atomic E-state index is 13.2. The molecule has 1 saturated heterocycles. The lowest BCUT2D eigenvalue weighted by Gasteiger charge is -2.31. The lowest BCUT2D eigenvalue weighted by atomic mass is 9.96. The second-order valence-electron chi connectivity index (χ2n) is 13.3. The molecular formula is C37H45N3O7S. The molecule has 2 aliphatic heterocycles. The molecule has 5 rings (SSSR count). The van der Waals surface area contributed by atoms with E-state index in [4.69, 9.17) is 9.47 Å². The molecule has 256 valence electrons. The summed E-state index contributed by atoms with van der Waals surface area (Å²) < 4.78 is 39.7. The molecule has 0 aromatic heterocycles. The van der Waals surface area contributed by atoms with Gasteiger partial charge >= 0.3 is 6.09 Å². The molecule has 2 atom stereocenters. The SMILES string of the molecule is CCS(=O)(=O)NC1CCN(C(=O)OC(C)(C)C)C1Cc1cccc(-c2ccccc2OCCCCCN2C(=O)c3ccccc3C2=O)c1. The molecule has 2 aliphatic rings. The fraction of sp³-hybridized carbons (Fsp3) is 0.432. The normalized spacial score (nSPS) is 17.9. The zero-order valence-corrected chi connectivity index (χ0v) is 28.9. The van der Waals surface area contributed by atoms with Gasteiger partial charge in [0.2, 0.25) is 10.0 Å². The number of hydrogen-bond acceptors (Lipinski definition) is 7. The quantitative estimate of drug-likeness (QED) is 0.173. The molecule has 48 heavy (non-hydrogen) atoms. The minimum atomic E-state index is -3.48. The van der Waals surface area contributed by atoms with Crippen LogP contribution in [0, 0.1) is 0 Å². The molecule has 0 radical (unpaired) electrons. The molecule has 0 bridgehead atoms. The molecule has 3 aromatic carbocycles. The zero-order valence-electron chi connectivity index (χ0n) is 28.1. The van der Waals surface area contributed by atoms with Gasteiger partial charge in [-0.1, -0.05) is 54.6 Å². The monoisotopic (exact) mass is 675 g/mol. The fourth-order valence-electron chi connectivity index (χ4n) is 6.22. The van der Waals surface area contributed by atoms with Gasteiger partial charge in [-0.2, -0.15) is 0 Å². The van der Waals surface area contributed by atoms with Gasteiger partial charge in [0, 0.05) is 24.7 Å². The predicted molar refractivity (Wildman–Crippen MR) is 184 cm³/mol. The smallest absolute Gasteiger partial charge is 0.410 e. The summed E-state index contributed by atoms with van der Waals surface area (Å²) in [5.41, 5.74) is 3.08. The summed E-state index contributed by atoms with van der Waals surface area (Å²) in [6.07, 6.45) is 2.73. The second-order valence-corrected chi connectivity index (χ2v) is 15.3. The Hall–Kier alpha value is -4.22. The first kappa shape index (κ1) is 35.1. The number of para-hydroxylation sites is 1. The van der Waals surface area contributed by atoms with Crippen LogP contribution in [0.3, 0.4) is 0 Å². The van der Waals surface area contributed by atoms with Crippen LogP contribution < -0.4 is 9.46 Å². The molecule has 0 aliphatic carbocycles. The third kappa shape index (κ3) is 8.43. The fourth-order valence-corrected chi connectivity index (χ4v) is 7.12. The molecule has 2 unspecified atom stereocenters. The van der Waals surface area contributed by atoms with Gasteiger partial charge < -0.3 is 14.4 Å². The van der Waals surface area contributed by atoms with Gasteiger partial charge in [0.25, 0.3) is 11.8 Å². The Balaban J connectivity index is 1.21. The highest BCUT2D eigenvalue weighted by Gasteiger charge is 2.40. The highest BCUT2D eigenvalue weighted by Crippen LogP contribution is 2.32. The number of amides is 3. The Morgan fingerprint density at radius 3 is 2.23 bits per heavy atom. The molecule has 10 nitrogen and oxygen atoms in total. The van der Waals surface area contributed by atoms with E-state index in [2.05, 4.69) is 10.8 Å². The maximum atomic E-state index is 13.2. The van der Waals surface area contributed by atoms with Crippen molar-refractivity contribution in [3.05, 3.63) is 89.5 Å². The predicted octanol–water partition coefficient (Wildman–Crippen LogP) is 6.06. The number of ether oxygens (including phenoxy) is 2. The van der Waals surface area contributed by atoms with E-state index in [0.29, 0.717) is 50.1 Å². The van der Waals surface area contributed by atoms with Crippen molar-refractivity contribution in [1.29, 1.82) is 0 Å². The standard InChI is InChI=1S/C37H45N3O7S/c1-5-48(44,45)38-31-20-22-39(36(43)47-37(2,3)4)32(31)25-26-14-13-15-27(24-26)28-16-9-10-19-33(28)46-23-12-6-11-21-40-34(41)29-17-7-8-18-30(29)35(40)42/h7-10,13-19,24,31-32,38H,5-6,11-12,20-23,25H2,1-4H3. The second kappa shape index (κ2) is 14.9. The highest BCUT2D eigenvalue weighted by molar-refractivity contribution is 7.89. The molecule has 3 amide bonds. The van der Waals surface area contributed by atoms with Crippen molar-refractivity contribution in [2.45, 2.75) is 77.5 Å². The third-order valence-corrected chi connectivity index (χ3v) is 10.0. The van der Waals surface area contributed by atoms with Gasteiger partial charge in [0.1, 0.15) is 11.4 Å². The number of benzene rings is 3. The summed E-state index contributed by atoms with van der Waals surface area (Å²) in [5.74, 6) is 0.235. The first-order valence-corrected chi connectivity index (χ1v) is 18.3. The van der Waals surface area contributed by atoms with E-state index < -0.39 is 33.8 Å². The Morgan fingerprint density at radius 1 is 0.896 bits per heavy atom. The summed E-state index contributed by atoms with van der Waals surface area (Å²) in [5, 5.41) is 0. The topological polar surface area (TPSA) is 122 Å². The van der Waals surface area contributed by atoms with E-state index in [1.54, 1.807) is 36.1 Å². The summed E-state index contributed by atoms with van der Waals surface area (Å²) in [4.78, 5) is 41.4. The van der Waals surface area contributed by atoms with E-state index in [9.17, 15) is 22.8 Å². The van der Waals surface area contributed by atoms with E-state index in [1.165, 1.54) is 4.90 Å². The number of sulfonamides is 1. The van der Waals surface area contributed by atoms with E-state index >= 15 is 0 Å². The molecule has 1 N–H and O–H groups in total. The number of fused-ring (bicyclic) bond motifs is 1. The maximum Gasteiger partial charge on any atom is 0.410 e. The lowest BCUT2D eigenvalue weighted by Crippen LogP contribution is -2.49. The van der Waals surface area contributed by atoms with Crippen molar-refractivity contribution in [1.82, 2.24) is 14.5 Å². The summed E-state index contributed by atoms with van der Waals surface area (Å²) >= 11 is 0. The van der Waals surface area contributed by atoms with Gasteiger partial charge in [0.05, 0.1) is 29.5 Å². The summed E-state index contributed by atoms with van der Waals surface area (Å²) in [7, 11) is -3.48. The van der Waals surface area contributed by atoms with E-state index in [0.717, 1.165) is 35.3 Å². The number of unbranched alkanes of at least 4 members (excludes halogenated alkanes) is 2. The Morgan fingerprint density at radius 2 is 1.56 bits per heavy atom. The van der Waals surface area contributed by atoms with Crippen molar-refractivity contribution in [2.24, 2.45) is 0 Å². The van der Waals surface area contributed by atoms with E-state index in [1.807, 2.05) is 63.2 Å². The molecule has 0 saturated carbocycles. The van der Waals surface area contributed by atoms with Crippen molar-refractivity contribution in [3.63, 3.8) is 0 Å². The van der Waals surface area contributed by atoms with Gasteiger partial charge in [-0.15, -0.1) is 0 Å². The van der Waals surface area contributed by atoms with Gasteiger partial charge in [-0.25, -0.2) is 17.9 Å². The van der Waals surface area contributed by atoms with Crippen molar-refractivity contribution in [3.8, 4) is 16.9 Å². The van der Waals surface area contributed by atoms with Crippen molar-refractivity contribution >= 4 is 27.9 Å². The van der Waals surface area contributed by atoms with Gasteiger partial charge in [-0.3, -0.25) is 14.5 Å². The largest absolute Gasteiger partial charge is 0.493 e. The molecule has 2 heterocycles. The molecule has 0 spiro atoms. The first-order chi connectivity index (χ1) is 22.9.